The second-order valence-electron chi connectivity index (χ2n) is 8.43. The fourth-order valence-electron chi connectivity index (χ4n) is 4.83. The van der Waals surface area contributed by atoms with Crippen LogP contribution in [0.1, 0.15) is 34.0 Å². The lowest BCUT2D eigenvalue weighted by molar-refractivity contribution is 0.136. The SMILES string of the molecule is CS(=O)(=O)N1CCc2c(c(-c3cccc(C#N)c3)nn2[C@@H]2c3cc(Cl)cc(Cl)c3C[C@H]2O)C1. The molecule has 2 heterocycles. The second kappa shape index (κ2) is 8.12. The van der Waals surface area contributed by atoms with E-state index in [1.165, 1.54) is 10.6 Å². The first-order chi connectivity index (χ1) is 15.7. The molecule has 0 radical (unpaired) electrons. The van der Waals surface area contributed by atoms with E-state index in [1.807, 2.05) is 6.07 Å². The van der Waals surface area contributed by atoms with Crippen LogP contribution in [-0.2, 0) is 29.4 Å². The summed E-state index contributed by atoms with van der Waals surface area (Å²) in [4.78, 5) is 0. The summed E-state index contributed by atoms with van der Waals surface area (Å²) in [7, 11) is -3.40. The normalized spacial score (nSPS) is 20.3. The maximum absolute atomic E-state index is 12.3. The molecule has 0 bridgehead atoms. The molecule has 2 aliphatic rings. The summed E-state index contributed by atoms with van der Waals surface area (Å²) >= 11 is 12.7. The number of halogens is 2. The van der Waals surface area contributed by atoms with Crippen molar-refractivity contribution in [2.45, 2.75) is 31.5 Å². The van der Waals surface area contributed by atoms with Crippen LogP contribution in [0.25, 0.3) is 11.3 Å². The molecule has 1 N–H and O–H groups in total. The van der Waals surface area contributed by atoms with Crippen molar-refractivity contribution >= 4 is 33.2 Å². The van der Waals surface area contributed by atoms with Gasteiger partial charge in [0.25, 0.3) is 0 Å². The van der Waals surface area contributed by atoms with Gasteiger partial charge in [-0.25, -0.2) is 8.42 Å². The number of nitriles is 1. The number of hydrogen-bond donors (Lipinski definition) is 1. The zero-order valence-corrected chi connectivity index (χ0v) is 20.0. The third-order valence-corrected chi connectivity index (χ3v) is 8.14. The molecule has 1 aliphatic heterocycles. The Kier molecular flexibility index (Phi) is 5.51. The van der Waals surface area contributed by atoms with Crippen LogP contribution in [0.5, 0.6) is 0 Å². The molecule has 2 aromatic carbocycles. The first-order valence-electron chi connectivity index (χ1n) is 10.4. The molecular formula is C23H20Cl2N4O3S. The molecule has 0 unspecified atom stereocenters. The van der Waals surface area contributed by atoms with Crippen LogP contribution in [0.3, 0.4) is 0 Å². The third kappa shape index (κ3) is 3.84. The Labute approximate surface area is 201 Å². The Bertz CT molecular complexity index is 1430. The maximum atomic E-state index is 12.3. The number of nitrogens with zero attached hydrogens (tertiary/aromatic N) is 4. The van der Waals surface area contributed by atoms with Gasteiger partial charge in [0.05, 0.1) is 29.7 Å². The Hall–Kier alpha value is -2.41. The zero-order chi connectivity index (χ0) is 23.5. The van der Waals surface area contributed by atoms with Gasteiger partial charge in [-0.1, -0.05) is 35.3 Å². The van der Waals surface area contributed by atoms with E-state index in [0.29, 0.717) is 40.7 Å². The van der Waals surface area contributed by atoms with Crippen molar-refractivity contribution in [1.29, 1.82) is 5.26 Å². The number of rotatable bonds is 3. The minimum absolute atomic E-state index is 0.173. The fourth-order valence-corrected chi connectivity index (χ4v) is 6.20. The van der Waals surface area contributed by atoms with Crippen LogP contribution >= 0.6 is 23.2 Å². The van der Waals surface area contributed by atoms with Crippen LogP contribution in [0.15, 0.2) is 36.4 Å². The molecule has 0 spiro atoms. The Morgan fingerprint density at radius 2 is 2.00 bits per heavy atom. The van der Waals surface area contributed by atoms with Crippen LogP contribution in [0.4, 0.5) is 0 Å². The minimum atomic E-state index is -3.40. The molecule has 7 nitrogen and oxygen atoms in total. The molecule has 0 amide bonds. The van der Waals surface area contributed by atoms with Crippen LogP contribution in [-0.4, -0.2) is 46.5 Å². The van der Waals surface area contributed by atoms with Gasteiger partial charge in [-0.2, -0.15) is 14.7 Å². The van der Waals surface area contributed by atoms with E-state index < -0.39 is 22.2 Å². The van der Waals surface area contributed by atoms with Crippen molar-refractivity contribution in [2.75, 3.05) is 12.8 Å². The van der Waals surface area contributed by atoms with E-state index in [-0.39, 0.29) is 6.54 Å². The summed E-state index contributed by atoms with van der Waals surface area (Å²) in [5.74, 6) is 0. The highest BCUT2D eigenvalue weighted by molar-refractivity contribution is 7.88. The number of hydrogen-bond acceptors (Lipinski definition) is 5. The van der Waals surface area contributed by atoms with Crippen molar-refractivity contribution < 1.29 is 13.5 Å². The molecule has 33 heavy (non-hydrogen) atoms. The van der Waals surface area contributed by atoms with Crippen LogP contribution in [0, 0.1) is 11.3 Å². The van der Waals surface area contributed by atoms with E-state index in [4.69, 9.17) is 28.3 Å². The van der Waals surface area contributed by atoms with E-state index in [9.17, 15) is 18.8 Å². The standard InChI is InChI=1S/C23H20Cl2N4O3S/c1-33(31,32)28-6-5-20-18(12-28)22(14-4-2-3-13(7-14)11-26)27-29(20)23-17-8-15(24)9-19(25)16(17)10-21(23)30/h2-4,7-9,21,23,30H,5-6,10,12H2,1H3/t21-,23-/m1/s1. The number of fused-ring (bicyclic) bond motifs is 2. The van der Waals surface area contributed by atoms with Crippen molar-refractivity contribution in [1.82, 2.24) is 14.1 Å². The van der Waals surface area contributed by atoms with Gasteiger partial charge in [0, 0.05) is 52.8 Å². The largest absolute Gasteiger partial charge is 0.390 e. The van der Waals surface area contributed by atoms with Gasteiger partial charge >= 0.3 is 0 Å². The highest BCUT2D eigenvalue weighted by Gasteiger charge is 2.39. The van der Waals surface area contributed by atoms with Crippen molar-refractivity contribution in [2.24, 2.45) is 0 Å². The second-order valence-corrected chi connectivity index (χ2v) is 11.3. The predicted octanol–water partition coefficient (Wildman–Crippen LogP) is 3.55. The first-order valence-corrected chi connectivity index (χ1v) is 13.0. The summed E-state index contributed by atoms with van der Waals surface area (Å²) in [5.41, 5.74) is 5.09. The lowest BCUT2D eigenvalue weighted by Gasteiger charge is -2.27. The number of aliphatic hydroxyl groups is 1. The molecule has 0 saturated heterocycles. The van der Waals surface area contributed by atoms with E-state index in [1.54, 1.807) is 35.0 Å². The monoisotopic (exact) mass is 502 g/mol. The average molecular weight is 503 g/mol. The van der Waals surface area contributed by atoms with Crippen molar-refractivity contribution in [3.63, 3.8) is 0 Å². The molecule has 3 aromatic rings. The molecule has 1 aliphatic carbocycles. The minimum Gasteiger partial charge on any atom is -0.390 e. The van der Waals surface area contributed by atoms with Crippen molar-refractivity contribution in [3.8, 4) is 17.3 Å². The van der Waals surface area contributed by atoms with Gasteiger partial charge in [-0.3, -0.25) is 4.68 Å². The number of benzene rings is 2. The maximum Gasteiger partial charge on any atom is 0.211 e. The zero-order valence-electron chi connectivity index (χ0n) is 17.7. The summed E-state index contributed by atoms with van der Waals surface area (Å²) < 4.78 is 27.8. The quantitative estimate of drug-likeness (QED) is 0.590. The Morgan fingerprint density at radius 3 is 2.73 bits per heavy atom. The fraction of sp³-hybridized carbons (Fsp3) is 0.304. The summed E-state index contributed by atoms with van der Waals surface area (Å²) in [6.07, 6.45) is 1.25. The smallest absolute Gasteiger partial charge is 0.211 e. The van der Waals surface area contributed by atoms with Crippen LogP contribution in [0.2, 0.25) is 10.0 Å². The summed E-state index contributed by atoms with van der Waals surface area (Å²) in [6, 6.07) is 12.2. The summed E-state index contributed by atoms with van der Waals surface area (Å²) in [6.45, 7) is 0.493. The number of aromatic nitrogens is 2. The molecular weight excluding hydrogens is 483 g/mol. The molecule has 170 valence electrons. The first kappa shape index (κ1) is 22.4. The molecule has 5 rings (SSSR count). The van der Waals surface area contributed by atoms with E-state index >= 15 is 0 Å². The van der Waals surface area contributed by atoms with Gasteiger partial charge in [-0.05, 0) is 35.4 Å². The van der Waals surface area contributed by atoms with Crippen LogP contribution < -0.4 is 0 Å². The Morgan fingerprint density at radius 1 is 1.21 bits per heavy atom. The number of aliphatic hydroxyl groups excluding tert-OH is 1. The molecule has 2 atom stereocenters. The average Bonchev–Trinajstić information content (AvgIpc) is 3.30. The Balaban J connectivity index is 1.71. The van der Waals surface area contributed by atoms with Gasteiger partial charge < -0.3 is 5.11 Å². The van der Waals surface area contributed by atoms with Gasteiger partial charge in [-0.15, -0.1) is 0 Å². The van der Waals surface area contributed by atoms with Gasteiger partial charge in [0.15, 0.2) is 0 Å². The lowest BCUT2D eigenvalue weighted by atomic mass is 10.00. The molecule has 0 fully saturated rings. The summed E-state index contributed by atoms with van der Waals surface area (Å²) in [5, 5.41) is 26.2. The van der Waals surface area contributed by atoms with E-state index in [2.05, 4.69) is 6.07 Å². The van der Waals surface area contributed by atoms with Crippen molar-refractivity contribution in [3.05, 3.63) is 74.4 Å². The lowest BCUT2D eigenvalue weighted by Crippen LogP contribution is -2.36. The molecule has 10 heteroatoms. The predicted molar refractivity (Wildman–Crippen MR) is 126 cm³/mol. The van der Waals surface area contributed by atoms with Gasteiger partial charge in [0.2, 0.25) is 10.0 Å². The van der Waals surface area contributed by atoms with E-state index in [0.717, 1.165) is 27.9 Å². The third-order valence-electron chi connectivity index (χ3n) is 6.34. The highest BCUT2D eigenvalue weighted by atomic mass is 35.5. The van der Waals surface area contributed by atoms with Gasteiger partial charge in [0.1, 0.15) is 6.04 Å². The highest BCUT2D eigenvalue weighted by Crippen LogP contribution is 2.43. The molecule has 1 aromatic heterocycles. The molecule has 0 saturated carbocycles. The number of sulfonamides is 1. The topological polar surface area (TPSA) is 99.2 Å².